The smallest absolute Gasteiger partial charge is 0.332 e. The van der Waals surface area contributed by atoms with Gasteiger partial charge in [-0.1, -0.05) is 60.7 Å². The fourth-order valence-electron chi connectivity index (χ4n) is 4.31. The number of hydrogen-bond donors (Lipinski definition) is 0. The Bertz CT molecular complexity index is 985. The monoisotopic (exact) mass is 418 g/mol. The number of carbonyl (C=O) groups is 2. The predicted molar refractivity (Wildman–Crippen MR) is 118 cm³/mol. The van der Waals surface area contributed by atoms with Crippen molar-refractivity contribution in [3.05, 3.63) is 77.4 Å². The lowest BCUT2D eigenvalue weighted by atomic mass is 9.77. The minimum absolute atomic E-state index is 0.115. The van der Waals surface area contributed by atoms with Crippen molar-refractivity contribution >= 4 is 23.7 Å². The minimum Gasteiger partial charge on any atom is -0.454 e. The predicted octanol–water partition coefficient (Wildman–Crippen LogP) is 4.00. The molecule has 1 amide bonds. The van der Waals surface area contributed by atoms with E-state index in [2.05, 4.69) is 18.2 Å². The van der Waals surface area contributed by atoms with E-state index in [1.807, 2.05) is 48.5 Å². The normalized spacial score (nSPS) is 21.5. The summed E-state index contributed by atoms with van der Waals surface area (Å²) < 4.78 is 9.84. The third-order valence-electron chi connectivity index (χ3n) is 5.66. The zero-order chi connectivity index (χ0) is 21.6. The number of ether oxygens (including phenoxy) is 2. The second-order valence-corrected chi connectivity index (χ2v) is 7.75. The minimum atomic E-state index is -0.568. The Hall–Kier alpha value is -3.25. The van der Waals surface area contributed by atoms with E-state index in [1.165, 1.54) is 12.1 Å². The van der Waals surface area contributed by atoms with Gasteiger partial charge in [0.05, 0.1) is 11.8 Å². The molecule has 0 bridgehead atoms. The maximum Gasteiger partial charge on any atom is 0.332 e. The highest BCUT2D eigenvalue weighted by Gasteiger charge is 2.43. The van der Waals surface area contributed by atoms with E-state index < -0.39 is 5.97 Å². The first-order valence-electron chi connectivity index (χ1n) is 10.5. The Morgan fingerprint density at radius 3 is 2.48 bits per heavy atom. The number of fused-ring (bicyclic) bond motifs is 1. The Kier molecular flexibility index (Phi) is 6.57. The molecular formula is C25H26N2O4. The molecule has 0 aromatic heterocycles. The Morgan fingerprint density at radius 1 is 1.06 bits per heavy atom. The Morgan fingerprint density at radius 2 is 1.77 bits per heavy atom. The van der Waals surface area contributed by atoms with Crippen LogP contribution in [0.5, 0.6) is 0 Å². The van der Waals surface area contributed by atoms with Gasteiger partial charge in [0.25, 0.3) is 5.91 Å². The van der Waals surface area contributed by atoms with Crippen LogP contribution in [0, 0.1) is 5.92 Å². The average molecular weight is 418 g/mol. The van der Waals surface area contributed by atoms with Gasteiger partial charge >= 0.3 is 5.97 Å². The third-order valence-corrected chi connectivity index (χ3v) is 5.66. The number of hydrazone groups is 1. The van der Waals surface area contributed by atoms with E-state index in [-0.39, 0.29) is 31.1 Å². The van der Waals surface area contributed by atoms with Gasteiger partial charge in [-0.05, 0) is 42.0 Å². The molecule has 1 aliphatic carbocycles. The van der Waals surface area contributed by atoms with Gasteiger partial charge in [0, 0.05) is 13.0 Å². The van der Waals surface area contributed by atoms with Crippen molar-refractivity contribution < 1.29 is 19.1 Å². The van der Waals surface area contributed by atoms with Crippen LogP contribution in [0.2, 0.25) is 0 Å². The number of methoxy groups -OCH3 is 1. The number of benzene rings is 2. The number of hydrogen-bond acceptors (Lipinski definition) is 5. The number of rotatable bonds is 6. The van der Waals surface area contributed by atoms with Crippen molar-refractivity contribution in [3.8, 4) is 0 Å². The number of amides is 1. The van der Waals surface area contributed by atoms with Crippen molar-refractivity contribution in [1.82, 2.24) is 5.01 Å². The van der Waals surface area contributed by atoms with Crippen LogP contribution in [0.1, 0.15) is 36.4 Å². The van der Waals surface area contributed by atoms with Crippen molar-refractivity contribution in [2.24, 2.45) is 11.0 Å². The SMILES string of the molecule is COCC(=O)OCC(=O)N1N=C2/C(=C/c3ccccc3)CCC[C@H]2[C@H]1c1ccccc1. The molecule has 6 nitrogen and oxygen atoms in total. The van der Waals surface area contributed by atoms with Crippen LogP contribution in [0.25, 0.3) is 6.08 Å². The summed E-state index contributed by atoms with van der Waals surface area (Å²) in [5.41, 5.74) is 4.27. The molecule has 160 valence electrons. The van der Waals surface area contributed by atoms with Crippen LogP contribution in [-0.2, 0) is 19.1 Å². The summed E-state index contributed by atoms with van der Waals surface area (Å²) in [7, 11) is 1.41. The second-order valence-electron chi connectivity index (χ2n) is 7.75. The zero-order valence-corrected chi connectivity index (χ0v) is 17.6. The fourth-order valence-corrected chi connectivity index (χ4v) is 4.31. The van der Waals surface area contributed by atoms with E-state index >= 15 is 0 Å². The van der Waals surface area contributed by atoms with E-state index in [9.17, 15) is 9.59 Å². The quantitative estimate of drug-likeness (QED) is 0.665. The van der Waals surface area contributed by atoms with Crippen LogP contribution in [0.4, 0.5) is 0 Å². The molecule has 1 heterocycles. The molecule has 0 N–H and O–H groups in total. The van der Waals surface area contributed by atoms with Gasteiger partial charge in [0.1, 0.15) is 6.61 Å². The molecule has 4 rings (SSSR count). The summed E-state index contributed by atoms with van der Waals surface area (Å²) >= 11 is 0. The van der Waals surface area contributed by atoms with E-state index in [0.29, 0.717) is 0 Å². The van der Waals surface area contributed by atoms with Gasteiger partial charge in [-0.2, -0.15) is 5.10 Å². The lowest BCUT2D eigenvalue weighted by Crippen LogP contribution is -2.34. The topological polar surface area (TPSA) is 68.2 Å². The summed E-state index contributed by atoms with van der Waals surface area (Å²) in [5.74, 6) is -0.787. The molecule has 0 unspecified atom stereocenters. The third kappa shape index (κ3) is 4.75. The first-order valence-corrected chi connectivity index (χ1v) is 10.5. The molecule has 1 aliphatic heterocycles. The summed E-state index contributed by atoms with van der Waals surface area (Å²) in [6, 6.07) is 19.9. The van der Waals surface area contributed by atoms with Gasteiger partial charge in [0.15, 0.2) is 6.61 Å². The molecule has 0 saturated heterocycles. The second kappa shape index (κ2) is 9.71. The fraction of sp³-hybridized carbons (Fsp3) is 0.320. The summed E-state index contributed by atoms with van der Waals surface area (Å²) in [6.45, 7) is -0.538. The largest absolute Gasteiger partial charge is 0.454 e. The lowest BCUT2D eigenvalue weighted by Gasteiger charge is -2.29. The number of nitrogens with zero attached hydrogens (tertiary/aromatic N) is 2. The highest BCUT2D eigenvalue weighted by Crippen LogP contribution is 2.44. The number of esters is 1. The maximum absolute atomic E-state index is 13.0. The average Bonchev–Trinajstić information content (AvgIpc) is 3.20. The standard InChI is InChI=1S/C25H26N2O4/c1-30-17-23(29)31-16-22(28)27-25(19-11-6-3-7-12-19)21-14-8-13-20(24(21)26-27)15-18-9-4-2-5-10-18/h2-7,9-12,15,21,25H,8,13-14,16-17H2,1H3/b20-15+/t21-,25-/m1/s1. The molecule has 2 aromatic rings. The van der Waals surface area contributed by atoms with Gasteiger partial charge < -0.3 is 9.47 Å². The lowest BCUT2D eigenvalue weighted by molar-refractivity contribution is -0.155. The molecule has 1 saturated carbocycles. The van der Waals surface area contributed by atoms with Crippen LogP contribution >= 0.6 is 0 Å². The molecule has 2 aliphatic rings. The molecular weight excluding hydrogens is 392 g/mol. The maximum atomic E-state index is 13.0. The van der Waals surface area contributed by atoms with E-state index in [1.54, 1.807) is 0 Å². The molecule has 1 fully saturated rings. The van der Waals surface area contributed by atoms with Crippen LogP contribution in [0.3, 0.4) is 0 Å². The summed E-state index contributed by atoms with van der Waals surface area (Å²) in [5, 5.41) is 6.29. The zero-order valence-electron chi connectivity index (χ0n) is 17.6. The van der Waals surface area contributed by atoms with Crippen molar-refractivity contribution in [2.75, 3.05) is 20.3 Å². The molecule has 2 atom stereocenters. The summed E-state index contributed by atoms with van der Waals surface area (Å²) in [4.78, 5) is 24.7. The van der Waals surface area contributed by atoms with Crippen LogP contribution in [0.15, 0.2) is 71.3 Å². The first-order chi connectivity index (χ1) is 15.2. The van der Waals surface area contributed by atoms with Crippen LogP contribution in [-0.4, -0.2) is 42.9 Å². The van der Waals surface area contributed by atoms with Crippen molar-refractivity contribution in [1.29, 1.82) is 0 Å². The summed E-state index contributed by atoms with van der Waals surface area (Å²) in [6.07, 6.45) is 5.09. The number of allylic oxidation sites excluding steroid dienone is 1. The highest BCUT2D eigenvalue weighted by atomic mass is 16.6. The van der Waals surface area contributed by atoms with Gasteiger partial charge in [-0.25, -0.2) is 9.80 Å². The van der Waals surface area contributed by atoms with Crippen LogP contribution < -0.4 is 0 Å². The van der Waals surface area contributed by atoms with E-state index in [0.717, 1.165) is 41.7 Å². The molecule has 6 heteroatoms. The van der Waals surface area contributed by atoms with Gasteiger partial charge in [-0.3, -0.25) is 4.79 Å². The van der Waals surface area contributed by atoms with Crippen molar-refractivity contribution in [3.63, 3.8) is 0 Å². The molecule has 0 radical (unpaired) electrons. The van der Waals surface area contributed by atoms with Crippen molar-refractivity contribution in [2.45, 2.75) is 25.3 Å². The molecule has 0 spiro atoms. The first kappa shape index (κ1) is 21.0. The Balaban J connectivity index is 1.64. The van der Waals surface area contributed by atoms with E-state index in [4.69, 9.17) is 14.6 Å². The van der Waals surface area contributed by atoms with Gasteiger partial charge in [-0.15, -0.1) is 0 Å². The van der Waals surface area contributed by atoms with Gasteiger partial charge in [0.2, 0.25) is 0 Å². The Labute approximate surface area is 182 Å². The molecule has 2 aromatic carbocycles. The highest BCUT2D eigenvalue weighted by molar-refractivity contribution is 6.08. The molecule has 31 heavy (non-hydrogen) atoms. The number of carbonyl (C=O) groups excluding carboxylic acids is 2.